The molecule has 1 atom stereocenters. The SMILES string of the molecule is Cc1cnc(-c2nc(C3CCN(C(=O)C[C@H]4CCCCO4)CC3)no2)cn1. The van der Waals surface area contributed by atoms with Gasteiger partial charge in [0.2, 0.25) is 5.91 Å². The van der Waals surface area contributed by atoms with Crippen LogP contribution in [-0.2, 0) is 9.53 Å². The molecule has 2 aromatic rings. The molecule has 0 aromatic carbocycles. The van der Waals surface area contributed by atoms with Crippen LogP contribution in [0.25, 0.3) is 11.6 Å². The van der Waals surface area contributed by atoms with Crippen LogP contribution in [0.1, 0.15) is 56.0 Å². The van der Waals surface area contributed by atoms with Crippen LogP contribution in [0.5, 0.6) is 0 Å². The lowest BCUT2D eigenvalue weighted by molar-refractivity contribution is -0.136. The Bertz CT molecular complexity index is 762. The second kappa shape index (κ2) is 8.12. The summed E-state index contributed by atoms with van der Waals surface area (Å²) >= 11 is 0. The Morgan fingerprint density at radius 3 is 2.74 bits per heavy atom. The van der Waals surface area contributed by atoms with Gasteiger partial charge in [-0.05, 0) is 39.0 Å². The van der Waals surface area contributed by atoms with Gasteiger partial charge in [-0.15, -0.1) is 0 Å². The van der Waals surface area contributed by atoms with Crippen molar-refractivity contribution in [1.82, 2.24) is 25.0 Å². The molecule has 0 radical (unpaired) electrons. The first-order valence-corrected chi connectivity index (χ1v) is 9.71. The Morgan fingerprint density at radius 2 is 2.04 bits per heavy atom. The fraction of sp³-hybridized carbons (Fsp3) is 0.632. The molecule has 0 bridgehead atoms. The van der Waals surface area contributed by atoms with Crippen molar-refractivity contribution in [1.29, 1.82) is 0 Å². The Balaban J connectivity index is 1.31. The molecule has 8 heteroatoms. The quantitative estimate of drug-likeness (QED) is 0.815. The summed E-state index contributed by atoms with van der Waals surface area (Å²) in [5.74, 6) is 1.49. The Morgan fingerprint density at radius 1 is 1.19 bits per heavy atom. The summed E-state index contributed by atoms with van der Waals surface area (Å²) in [5.41, 5.74) is 1.42. The Labute approximate surface area is 158 Å². The van der Waals surface area contributed by atoms with Gasteiger partial charge in [0.15, 0.2) is 5.82 Å². The number of hydrogen-bond donors (Lipinski definition) is 0. The third-order valence-corrected chi connectivity index (χ3v) is 5.33. The Hall–Kier alpha value is -2.35. The van der Waals surface area contributed by atoms with Gasteiger partial charge in [0, 0.05) is 31.8 Å². The average molecular weight is 371 g/mol. The molecule has 0 aliphatic carbocycles. The minimum Gasteiger partial charge on any atom is -0.378 e. The van der Waals surface area contributed by atoms with Gasteiger partial charge < -0.3 is 14.2 Å². The van der Waals surface area contributed by atoms with Crippen molar-refractivity contribution in [2.24, 2.45) is 0 Å². The number of carbonyl (C=O) groups excluding carboxylic acids is 1. The zero-order chi connectivity index (χ0) is 18.6. The molecule has 27 heavy (non-hydrogen) atoms. The van der Waals surface area contributed by atoms with Crippen LogP contribution in [0.15, 0.2) is 16.9 Å². The van der Waals surface area contributed by atoms with E-state index in [4.69, 9.17) is 9.26 Å². The number of ether oxygens (including phenoxy) is 1. The first kappa shape index (κ1) is 18.0. The average Bonchev–Trinajstić information content (AvgIpc) is 3.20. The molecule has 4 heterocycles. The molecule has 2 aliphatic heterocycles. The van der Waals surface area contributed by atoms with Crippen molar-refractivity contribution in [3.05, 3.63) is 23.9 Å². The third-order valence-electron chi connectivity index (χ3n) is 5.33. The maximum absolute atomic E-state index is 12.5. The van der Waals surface area contributed by atoms with Crippen LogP contribution in [0, 0.1) is 6.92 Å². The number of carbonyl (C=O) groups is 1. The van der Waals surface area contributed by atoms with Gasteiger partial charge in [0.25, 0.3) is 5.89 Å². The van der Waals surface area contributed by atoms with E-state index in [0.717, 1.165) is 57.5 Å². The number of likely N-dealkylation sites (tertiary alicyclic amines) is 1. The van der Waals surface area contributed by atoms with Crippen LogP contribution in [-0.4, -0.2) is 56.7 Å². The molecular formula is C19H25N5O3. The molecule has 0 unspecified atom stereocenters. The van der Waals surface area contributed by atoms with Crippen molar-refractivity contribution in [2.45, 2.75) is 57.5 Å². The highest BCUT2D eigenvalue weighted by Gasteiger charge is 2.29. The van der Waals surface area contributed by atoms with Gasteiger partial charge in [0.05, 0.1) is 24.4 Å². The Kier molecular flexibility index (Phi) is 5.42. The smallest absolute Gasteiger partial charge is 0.278 e. The fourth-order valence-electron chi connectivity index (χ4n) is 3.69. The summed E-state index contributed by atoms with van der Waals surface area (Å²) in [4.78, 5) is 27.4. The van der Waals surface area contributed by atoms with Crippen LogP contribution >= 0.6 is 0 Å². The molecule has 8 nitrogen and oxygen atoms in total. The van der Waals surface area contributed by atoms with Gasteiger partial charge in [-0.25, -0.2) is 4.98 Å². The zero-order valence-corrected chi connectivity index (χ0v) is 15.6. The highest BCUT2D eigenvalue weighted by atomic mass is 16.5. The molecule has 0 N–H and O–H groups in total. The number of rotatable bonds is 4. The lowest BCUT2D eigenvalue weighted by atomic mass is 9.95. The fourth-order valence-corrected chi connectivity index (χ4v) is 3.69. The van der Waals surface area contributed by atoms with Crippen molar-refractivity contribution < 1.29 is 14.1 Å². The minimum absolute atomic E-state index is 0.0966. The molecular weight excluding hydrogens is 346 g/mol. The molecule has 0 spiro atoms. The molecule has 0 saturated carbocycles. The van der Waals surface area contributed by atoms with E-state index in [1.807, 2.05) is 11.8 Å². The second-order valence-electron chi connectivity index (χ2n) is 7.35. The number of aromatic nitrogens is 4. The molecule has 2 aromatic heterocycles. The highest BCUT2D eigenvalue weighted by Crippen LogP contribution is 2.28. The first-order chi connectivity index (χ1) is 13.2. The van der Waals surface area contributed by atoms with E-state index >= 15 is 0 Å². The van der Waals surface area contributed by atoms with Crippen LogP contribution in [0.3, 0.4) is 0 Å². The van der Waals surface area contributed by atoms with Crippen molar-refractivity contribution in [3.8, 4) is 11.6 Å². The van der Waals surface area contributed by atoms with Crippen LogP contribution in [0.2, 0.25) is 0 Å². The predicted molar refractivity (Wildman–Crippen MR) is 96.8 cm³/mol. The number of aryl methyl sites for hydroxylation is 1. The number of hydrogen-bond acceptors (Lipinski definition) is 7. The summed E-state index contributed by atoms with van der Waals surface area (Å²) in [6, 6.07) is 0. The van der Waals surface area contributed by atoms with E-state index in [1.165, 1.54) is 0 Å². The maximum atomic E-state index is 12.5. The van der Waals surface area contributed by atoms with Crippen molar-refractivity contribution in [3.63, 3.8) is 0 Å². The summed E-state index contributed by atoms with van der Waals surface area (Å²) in [6.45, 7) is 4.12. The molecule has 1 amide bonds. The van der Waals surface area contributed by atoms with Gasteiger partial charge in [-0.3, -0.25) is 9.78 Å². The van der Waals surface area contributed by atoms with Crippen molar-refractivity contribution in [2.75, 3.05) is 19.7 Å². The lowest BCUT2D eigenvalue weighted by Crippen LogP contribution is -2.40. The molecule has 2 saturated heterocycles. The first-order valence-electron chi connectivity index (χ1n) is 9.71. The predicted octanol–water partition coefficient (Wildman–Crippen LogP) is 2.50. The number of piperidine rings is 1. The molecule has 2 fully saturated rings. The zero-order valence-electron chi connectivity index (χ0n) is 15.6. The minimum atomic E-state index is 0.0966. The third kappa shape index (κ3) is 4.32. The van der Waals surface area contributed by atoms with E-state index in [9.17, 15) is 4.79 Å². The lowest BCUT2D eigenvalue weighted by Gasteiger charge is -2.32. The molecule has 4 rings (SSSR count). The monoisotopic (exact) mass is 371 g/mol. The standard InChI is InChI=1S/C19H25N5O3/c1-13-11-21-16(12-20-13)19-22-18(23-27-19)14-5-7-24(8-6-14)17(25)10-15-4-2-3-9-26-15/h11-12,14-15H,2-10H2,1H3/t15-/m1/s1. The summed E-state index contributed by atoms with van der Waals surface area (Å²) in [6.07, 6.45) is 8.87. The van der Waals surface area contributed by atoms with E-state index in [0.29, 0.717) is 23.8 Å². The van der Waals surface area contributed by atoms with E-state index in [1.54, 1.807) is 12.4 Å². The topological polar surface area (TPSA) is 94.2 Å². The summed E-state index contributed by atoms with van der Waals surface area (Å²) < 4.78 is 11.0. The van der Waals surface area contributed by atoms with Gasteiger partial charge in [0.1, 0.15) is 5.69 Å². The number of amides is 1. The van der Waals surface area contributed by atoms with E-state index in [-0.39, 0.29) is 17.9 Å². The van der Waals surface area contributed by atoms with Crippen LogP contribution < -0.4 is 0 Å². The van der Waals surface area contributed by atoms with E-state index in [2.05, 4.69) is 20.1 Å². The maximum Gasteiger partial charge on any atom is 0.278 e. The molecule has 144 valence electrons. The summed E-state index contributed by atoms with van der Waals surface area (Å²) in [7, 11) is 0. The second-order valence-corrected chi connectivity index (χ2v) is 7.35. The normalized spacial score (nSPS) is 21.4. The van der Waals surface area contributed by atoms with Gasteiger partial charge >= 0.3 is 0 Å². The van der Waals surface area contributed by atoms with Gasteiger partial charge in [-0.2, -0.15) is 4.98 Å². The van der Waals surface area contributed by atoms with Gasteiger partial charge in [-0.1, -0.05) is 5.16 Å². The van der Waals surface area contributed by atoms with Crippen LogP contribution in [0.4, 0.5) is 0 Å². The molecule has 2 aliphatic rings. The van der Waals surface area contributed by atoms with E-state index < -0.39 is 0 Å². The van der Waals surface area contributed by atoms with Crippen molar-refractivity contribution >= 4 is 5.91 Å². The highest BCUT2D eigenvalue weighted by molar-refractivity contribution is 5.76. The number of nitrogens with zero attached hydrogens (tertiary/aromatic N) is 5. The largest absolute Gasteiger partial charge is 0.378 e. The summed E-state index contributed by atoms with van der Waals surface area (Å²) in [5, 5.41) is 4.12.